The molecule has 1 aliphatic rings. The Morgan fingerprint density at radius 1 is 1.12 bits per heavy atom. The summed E-state index contributed by atoms with van der Waals surface area (Å²) < 4.78 is 39.6. The highest BCUT2D eigenvalue weighted by atomic mass is 32.3. The van der Waals surface area contributed by atoms with Crippen LogP contribution in [-0.2, 0) is 28.7 Å². The second-order valence-corrected chi connectivity index (χ2v) is 8.23. The first-order valence-corrected chi connectivity index (χ1v) is 7.26. The first kappa shape index (κ1) is 14.1. The number of cyclic esters (lactones) is 2. The van der Waals surface area contributed by atoms with Crippen LogP contribution in [0.2, 0.25) is 0 Å². The topological polar surface area (TPSA) is 110 Å². The molecule has 0 aromatic carbocycles. The molecule has 0 atom stereocenters. The van der Waals surface area contributed by atoms with Crippen LogP contribution in [0.1, 0.15) is 20.8 Å². The molecule has 1 fully saturated rings. The van der Waals surface area contributed by atoms with Gasteiger partial charge in [-0.2, -0.15) is 0 Å². The van der Waals surface area contributed by atoms with E-state index in [4.69, 9.17) is 9.47 Å². The maximum Gasteiger partial charge on any atom is 0.327 e. The minimum atomic E-state index is -5.02. The van der Waals surface area contributed by atoms with Crippen molar-refractivity contribution in [3.63, 3.8) is 0 Å². The Morgan fingerprint density at radius 2 is 1.47 bits per heavy atom. The Balaban J connectivity index is 3.10. The van der Waals surface area contributed by atoms with Crippen LogP contribution < -0.4 is 0 Å². The molecule has 1 heterocycles. The van der Waals surface area contributed by atoms with Crippen molar-refractivity contribution in [1.29, 1.82) is 0 Å². The molecule has 0 aromatic heterocycles. The van der Waals surface area contributed by atoms with Crippen molar-refractivity contribution < 1.29 is 32.4 Å². The van der Waals surface area contributed by atoms with Gasteiger partial charge in [0, 0.05) is 20.1 Å². The maximum atomic E-state index is 11.7. The van der Waals surface area contributed by atoms with Gasteiger partial charge < -0.3 is 18.6 Å². The maximum absolute atomic E-state index is 11.7. The Kier molecular flexibility index (Phi) is 2.71. The lowest BCUT2D eigenvalue weighted by Crippen LogP contribution is -2.58. The van der Waals surface area contributed by atoms with Crippen molar-refractivity contribution in [3.05, 3.63) is 0 Å². The van der Waals surface area contributed by atoms with Gasteiger partial charge in [-0.3, -0.25) is 9.59 Å². The number of hydrogen-bond donors (Lipinski definition) is 2. The van der Waals surface area contributed by atoms with Gasteiger partial charge in [0.2, 0.25) is 0 Å². The molecule has 17 heavy (non-hydrogen) atoms. The molecule has 1 saturated heterocycles. The van der Waals surface area contributed by atoms with E-state index in [-0.39, 0.29) is 0 Å². The van der Waals surface area contributed by atoms with Crippen LogP contribution in [0.3, 0.4) is 0 Å². The molecule has 7 nitrogen and oxygen atoms in total. The second-order valence-electron chi connectivity index (χ2n) is 5.08. The molecule has 0 aromatic rings. The van der Waals surface area contributed by atoms with Gasteiger partial charge in [-0.25, -0.2) is 4.21 Å². The highest BCUT2D eigenvalue weighted by Crippen LogP contribution is 2.36. The van der Waals surface area contributed by atoms with E-state index in [1.54, 1.807) is 0 Å². The van der Waals surface area contributed by atoms with Crippen LogP contribution in [0.15, 0.2) is 0 Å². The fourth-order valence-electron chi connectivity index (χ4n) is 1.56. The summed E-state index contributed by atoms with van der Waals surface area (Å²) in [5.41, 5.74) is -1.99. The van der Waals surface area contributed by atoms with Gasteiger partial charge in [-0.15, -0.1) is 0 Å². The summed E-state index contributed by atoms with van der Waals surface area (Å²) in [6, 6.07) is 0. The molecule has 0 aliphatic carbocycles. The van der Waals surface area contributed by atoms with Gasteiger partial charge in [0.1, 0.15) is 0 Å². The van der Waals surface area contributed by atoms with Gasteiger partial charge in [-0.05, 0) is 6.92 Å². The first-order valence-electron chi connectivity index (χ1n) is 4.81. The van der Waals surface area contributed by atoms with Crippen LogP contribution in [0, 0.1) is 5.41 Å². The molecule has 1 aliphatic heterocycles. The van der Waals surface area contributed by atoms with Gasteiger partial charge in [0.15, 0.2) is 5.41 Å². The summed E-state index contributed by atoms with van der Waals surface area (Å²) in [5, 5.41) is 0. The summed E-state index contributed by atoms with van der Waals surface area (Å²) in [6.45, 7) is 3.82. The molecule has 8 heteroatoms. The van der Waals surface area contributed by atoms with Crippen molar-refractivity contribution >= 4 is 21.6 Å². The highest BCUT2D eigenvalue weighted by Gasteiger charge is 2.56. The molecule has 1 rings (SSSR count). The fraction of sp³-hybridized carbons (Fsp3) is 0.778. The Bertz CT molecular complexity index is 413. The van der Waals surface area contributed by atoms with Crippen LogP contribution in [0.4, 0.5) is 0 Å². The summed E-state index contributed by atoms with van der Waals surface area (Å²) in [7, 11) is -5.02. The molecule has 0 bridgehead atoms. The third kappa shape index (κ3) is 3.24. The average molecular weight is 268 g/mol. The number of carbonyl (C=O) groups is 2. The van der Waals surface area contributed by atoms with E-state index in [2.05, 4.69) is 0 Å². The molecular weight excluding hydrogens is 252 g/mol. The smallest absolute Gasteiger partial charge is 0.327 e. The van der Waals surface area contributed by atoms with Crippen LogP contribution in [-0.4, -0.2) is 43.0 Å². The van der Waals surface area contributed by atoms with Crippen LogP contribution in [0.25, 0.3) is 0 Å². The number of esters is 2. The van der Waals surface area contributed by atoms with E-state index >= 15 is 0 Å². The average Bonchev–Trinajstić information content (AvgIpc) is 1.94. The van der Waals surface area contributed by atoms with Gasteiger partial charge in [0.05, 0.1) is 15.4 Å². The standard InChI is InChI=1S/C9H16O7S/c1-8(2)15-6(10)9(3,7(11)16-8)5-17(4,12,13)14/h5H2,1-4H3,(H2,12,13,14). The Morgan fingerprint density at radius 3 is 1.76 bits per heavy atom. The molecule has 0 spiro atoms. The minimum Gasteiger partial charge on any atom is -0.422 e. The lowest BCUT2D eigenvalue weighted by Gasteiger charge is -2.41. The largest absolute Gasteiger partial charge is 0.422 e. The van der Waals surface area contributed by atoms with Crippen molar-refractivity contribution in [2.75, 3.05) is 12.0 Å². The SMILES string of the molecule is CC1(C)OC(=O)C(C)(CS(C)(=O)(O)O)C(=O)O1. The summed E-state index contributed by atoms with van der Waals surface area (Å²) in [5.74, 6) is -4.37. The van der Waals surface area contributed by atoms with Gasteiger partial charge in [0.25, 0.3) is 5.79 Å². The molecular formula is C9H16O7S. The minimum absolute atomic E-state index is 0.656. The molecule has 0 unspecified atom stereocenters. The van der Waals surface area contributed by atoms with E-state index in [1.165, 1.54) is 13.8 Å². The number of hydrogen-bond acceptors (Lipinski definition) is 5. The van der Waals surface area contributed by atoms with E-state index in [1.807, 2.05) is 0 Å². The Hall–Kier alpha value is -0.990. The highest BCUT2D eigenvalue weighted by molar-refractivity contribution is 8.09. The molecule has 100 valence electrons. The molecule has 0 saturated carbocycles. The van der Waals surface area contributed by atoms with E-state index in [0.29, 0.717) is 6.26 Å². The molecule has 0 amide bonds. The third-order valence-corrected chi connectivity index (χ3v) is 3.44. The van der Waals surface area contributed by atoms with Crippen LogP contribution in [0.5, 0.6) is 0 Å². The van der Waals surface area contributed by atoms with Gasteiger partial charge >= 0.3 is 11.9 Å². The molecule has 0 radical (unpaired) electrons. The van der Waals surface area contributed by atoms with Crippen molar-refractivity contribution in [2.45, 2.75) is 26.6 Å². The van der Waals surface area contributed by atoms with Crippen molar-refractivity contribution in [3.8, 4) is 0 Å². The van der Waals surface area contributed by atoms with Crippen molar-refractivity contribution in [2.24, 2.45) is 5.41 Å². The van der Waals surface area contributed by atoms with Gasteiger partial charge in [-0.1, -0.05) is 0 Å². The third-order valence-electron chi connectivity index (χ3n) is 2.20. The van der Waals surface area contributed by atoms with Crippen LogP contribution >= 0.6 is 0 Å². The zero-order valence-corrected chi connectivity index (χ0v) is 10.9. The monoisotopic (exact) mass is 268 g/mol. The number of carbonyl (C=O) groups excluding carboxylic acids is 2. The number of rotatable bonds is 2. The second kappa shape index (κ2) is 3.27. The first-order chi connectivity index (χ1) is 7.21. The lowest BCUT2D eigenvalue weighted by atomic mass is 9.92. The van der Waals surface area contributed by atoms with Crippen molar-refractivity contribution in [1.82, 2.24) is 0 Å². The summed E-state index contributed by atoms with van der Waals surface area (Å²) >= 11 is 0. The fourth-order valence-corrected chi connectivity index (χ4v) is 3.12. The zero-order chi connectivity index (χ0) is 13.7. The zero-order valence-electron chi connectivity index (χ0n) is 10.1. The molecule has 2 N–H and O–H groups in total. The number of ether oxygens (including phenoxy) is 2. The normalized spacial score (nSPS) is 25.4. The predicted octanol–water partition coefficient (Wildman–Crippen LogP) is 0.225. The summed E-state index contributed by atoms with van der Waals surface area (Å²) in [6.07, 6.45) is 0.656. The van der Waals surface area contributed by atoms with E-state index in [0.717, 1.165) is 6.92 Å². The predicted molar refractivity (Wildman–Crippen MR) is 58.6 cm³/mol. The Labute approximate surface area is 98.5 Å². The van der Waals surface area contributed by atoms with E-state index in [9.17, 15) is 22.9 Å². The summed E-state index contributed by atoms with van der Waals surface area (Å²) in [4.78, 5) is 23.4. The van der Waals surface area contributed by atoms with E-state index < -0.39 is 38.5 Å². The lowest BCUT2D eigenvalue weighted by molar-refractivity contribution is -0.248. The quantitative estimate of drug-likeness (QED) is 0.544.